The minimum absolute atomic E-state index is 0.833. The molecule has 3 heteroatoms. The van der Waals surface area contributed by atoms with E-state index < -0.39 is 11.2 Å². The molecule has 0 saturated heterocycles. The summed E-state index contributed by atoms with van der Waals surface area (Å²) < 4.78 is 0. The van der Waals surface area contributed by atoms with Crippen molar-refractivity contribution in [2.45, 2.75) is 5.25 Å². The Balaban J connectivity index is 3.55. The van der Waals surface area contributed by atoms with Crippen molar-refractivity contribution < 1.29 is 9.90 Å². The summed E-state index contributed by atoms with van der Waals surface area (Å²) in [5.74, 6) is -1.01. The number of hydrogen-bond donors (Lipinski definition) is 1. The highest BCUT2D eigenvalue weighted by atomic mass is 32.1. The first-order chi connectivity index (χ1) is 3.18. The predicted molar refractivity (Wildman–Crippen MR) is 29.2 cm³/mol. The standard InChI is InChI=1S/C4H5O2S/c1-2-3(7)4(5)6/h2-3H,1H2,(H,5,6)/i4+2. The lowest BCUT2D eigenvalue weighted by atomic mass is 10.6. The molecule has 0 fully saturated rings. The Bertz CT molecular complexity index is 89.7. The van der Waals surface area contributed by atoms with Crippen LogP contribution in [0.5, 0.6) is 0 Å². The van der Waals surface area contributed by atoms with Gasteiger partial charge in [0.1, 0.15) is 5.25 Å². The van der Waals surface area contributed by atoms with Gasteiger partial charge in [-0.3, -0.25) is 4.79 Å². The van der Waals surface area contributed by atoms with E-state index in [9.17, 15) is 4.79 Å². The van der Waals surface area contributed by atoms with E-state index in [2.05, 4.69) is 19.2 Å². The minimum Gasteiger partial charge on any atom is -0.480 e. The molecule has 2 nitrogen and oxygen atoms in total. The van der Waals surface area contributed by atoms with Gasteiger partial charge >= 0.3 is 5.97 Å². The molecule has 1 radical (unpaired) electrons. The number of carboxylic acids is 1. The highest BCUT2D eigenvalue weighted by Gasteiger charge is 2.04. The Kier molecular flexibility index (Phi) is 2.52. The molecule has 39 valence electrons. The van der Waals surface area contributed by atoms with E-state index in [-0.39, 0.29) is 0 Å². The van der Waals surface area contributed by atoms with E-state index in [0.29, 0.717) is 0 Å². The monoisotopic (exact) mass is 119 g/mol. The second-order valence-electron chi connectivity index (χ2n) is 0.995. The summed E-state index contributed by atoms with van der Waals surface area (Å²) in [7, 11) is 0. The molecule has 1 N–H and O–H groups in total. The molecule has 0 rings (SSSR count). The Labute approximate surface area is 47.3 Å². The van der Waals surface area contributed by atoms with Gasteiger partial charge in [-0.15, -0.1) is 6.58 Å². The Morgan fingerprint density at radius 3 is 2.43 bits per heavy atom. The highest BCUT2D eigenvalue weighted by molar-refractivity contribution is 7.82. The second-order valence-corrected chi connectivity index (χ2v) is 1.50. The topological polar surface area (TPSA) is 37.3 Å². The van der Waals surface area contributed by atoms with Crippen LogP contribution in [0.2, 0.25) is 0 Å². The highest BCUT2D eigenvalue weighted by Crippen LogP contribution is 1.92. The van der Waals surface area contributed by atoms with Gasteiger partial charge in [0, 0.05) is 0 Å². The molecular formula is C4H5O2S. The average molecular weight is 119 g/mol. The number of aliphatic carboxylic acids is 1. The Morgan fingerprint density at radius 1 is 2.00 bits per heavy atom. The Hall–Kier alpha value is -0.440. The van der Waals surface area contributed by atoms with Crippen LogP contribution in [0.4, 0.5) is 0 Å². The quantitative estimate of drug-likeness (QED) is 0.546. The van der Waals surface area contributed by atoms with E-state index >= 15 is 0 Å². The summed E-state index contributed by atoms with van der Waals surface area (Å²) >= 11 is 4.34. The number of carboxylic acid groups (broad SMARTS) is 1. The third kappa shape index (κ3) is 2.28. The first-order valence-corrected chi connectivity index (χ1v) is 2.17. The summed E-state index contributed by atoms with van der Waals surface area (Å²) in [6.45, 7) is 3.20. The summed E-state index contributed by atoms with van der Waals surface area (Å²) in [5, 5.41) is 7.17. The van der Waals surface area contributed by atoms with Crippen molar-refractivity contribution in [2.24, 2.45) is 0 Å². The molecule has 0 aliphatic rings. The largest absolute Gasteiger partial charge is 0.480 e. The van der Waals surface area contributed by atoms with Gasteiger partial charge in [0.25, 0.3) is 0 Å². The van der Waals surface area contributed by atoms with Crippen molar-refractivity contribution in [3.05, 3.63) is 12.7 Å². The smallest absolute Gasteiger partial charge is 0.321 e. The fourth-order valence-corrected chi connectivity index (χ4v) is 0.101. The molecule has 0 aromatic rings. The van der Waals surface area contributed by atoms with Crippen LogP contribution >= 0.6 is 12.6 Å². The van der Waals surface area contributed by atoms with Crippen molar-refractivity contribution in [1.29, 1.82) is 0 Å². The van der Waals surface area contributed by atoms with Crippen LogP contribution < -0.4 is 0 Å². The Morgan fingerprint density at radius 2 is 2.43 bits per heavy atom. The molecule has 0 bridgehead atoms. The van der Waals surface area contributed by atoms with Crippen LogP contribution in [0.15, 0.2) is 12.7 Å². The third-order valence-corrected chi connectivity index (χ3v) is 0.852. The lowest BCUT2D eigenvalue weighted by molar-refractivity contribution is -0.135. The van der Waals surface area contributed by atoms with Gasteiger partial charge in [-0.1, -0.05) is 18.7 Å². The van der Waals surface area contributed by atoms with Gasteiger partial charge in [-0.2, -0.15) is 0 Å². The third-order valence-electron chi connectivity index (χ3n) is 0.457. The lowest BCUT2D eigenvalue weighted by Crippen LogP contribution is -2.08. The van der Waals surface area contributed by atoms with Crippen LogP contribution in [-0.2, 0) is 4.79 Å². The van der Waals surface area contributed by atoms with E-state index in [4.69, 9.17) is 5.11 Å². The number of hydrogen-bond acceptors (Lipinski definition) is 1. The van der Waals surface area contributed by atoms with Gasteiger partial charge < -0.3 is 5.11 Å². The lowest BCUT2D eigenvalue weighted by Gasteiger charge is -1.89. The molecule has 0 saturated carbocycles. The molecule has 0 aliphatic heterocycles. The average Bonchev–Trinajstić information content (AvgIpc) is 1.65. The van der Waals surface area contributed by atoms with Gasteiger partial charge in [-0.05, 0) is 0 Å². The van der Waals surface area contributed by atoms with E-state index in [1.165, 1.54) is 6.08 Å². The minimum atomic E-state index is -1.01. The van der Waals surface area contributed by atoms with Crippen LogP contribution in [0.25, 0.3) is 0 Å². The summed E-state index contributed by atoms with van der Waals surface area (Å²) in [5.41, 5.74) is 0. The van der Waals surface area contributed by atoms with Gasteiger partial charge in [0.2, 0.25) is 0 Å². The number of rotatable bonds is 2. The molecule has 0 aliphatic carbocycles. The van der Waals surface area contributed by atoms with Crippen LogP contribution in [-0.4, -0.2) is 16.3 Å². The zero-order chi connectivity index (χ0) is 5.86. The zero-order valence-corrected chi connectivity index (χ0v) is 4.44. The van der Waals surface area contributed by atoms with Crippen LogP contribution in [0.1, 0.15) is 0 Å². The van der Waals surface area contributed by atoms with E-state index in [0.717, 1.165) is 0 Å². The van der Waals surface area contributed by atoms with E-state index in [1.54, 1.807) is 0 Å². The van der Waals surface area contributed by atoms with Crippen molar-refractivity contribution in [3.63, 3.8) is 0 Å². The predicted octanol–water partition coefficient (Wildman–Crippen LogP) is 0.823. The summed E-state index contributed by atoms with van der Waals surface area (Å²) in [6, 6.07) is 0. The first kappa shape index (κ1) is 6.56. The summed E-state index contributed by atoms with van der Waals surface area (Å²) in [4.78, 5) is 9.75. The van der Waals surface area contributed by atoms with Crippen LogP contribution in [0, 0.1) is 0 Å². The molecule has 7 heavy (non-hydrogen) atoms. The molecule has 0 heterocycles. The van der Waals surface area contributed by atoms with Crippen LogP contribution in [0.3, 0.4) is 0 Å². The maximum absolute atomic E-state index is 9.75. The van der Waals surface area contributed by atoms with Crippen molar-refractivity contribution in [2.75, 3.05) is 0 Å². The molecule has 1 unspecified atom stereocenters. The molecule has 1 atom stereocenters. The normalized spacial score (nSPS) is 12.7. The summed E-state index contributed by atoms with van der Waals surface area (Å²) in [6.07, 6.45) is 1.21. The molecule has 0 aromatic carbocycles. The van der Waals surface area contributed by atoms with Gasteiger partial charge in [-0.25, -0.2) is 0 Å². The molecule has 0 spiro atoms. The van der Waals surface area contributed by atoms with E-state index in [1.807, 2.05) is 0 Å². The maximum atomic E-state index is 9.75. The SMILES string of the molecule is C=CC([S])[14C](=O)O. The van der Waals surface area contributed by atoms with Crippen molar-refractivity contribution in [3.8, 4) is 0 Å². The molecular weight excluding hydrogens is 114 g/mol. The zero-order valence-electron chi connectivity index (χ0n) is 3.63. The molecule has 0 amide bonds. The molecule has 0 aromatic heterocycles. The second kappa shape index (κ2) is 2.69. The van der Waals surface area contributed by atoms with Crippen molar-refractivity contribution in [1.82, 2.24) is 0 Å². The van der Waals surface area contributed by atoms with Gasteiger partial charge in [0.05, 0.1) is 0 Å². The van der Waals surface area contributed by atoms with Gasteiger partial charge in [0.15, 0.2) is 0 Å². The fraction of sp³-hybridized carbons (Fsp3) is 0.250. The maximum Gasteiger partial charge on any atom is 0.321 e. The fourth-order valence-electron chi connectivity index (χ4n) is 0.101. The van der Waals surface area contributed by atoms with Crippen molar-refractivity contribution >= 4 is 18.6 Å². The first-order valence-electron chi connectivity index (χ1n) is 1.69. The number of carbonyl (C=O) groups is 1.